The second-order valence-corrected chi connectivity index (χ2v) is 4.36. The van der Waals surface area contributed by atoms with Crippen molar-refractivity contribution >= 4 is 18.2 Å². The summed E-state index contributed by atoms with van der Waals surface area (Å²) in [6.45, 7) is 8.63. The SMILES string of the molecule is C=CC(=O)N(C=O)CCC(=O)NCCOCCOCCOCC. The third kappa shape index (κ3) is 12.5. The first kappa shape index (κ1) is 21.2. The fraction of sp³-hybridized carbons (Fsp3) is 0.667. The van der Waals surface area contributed by atoms with E-state index in [0.29, 0.717) is 52.6 Å². The number of amides is 3. The number of imide groups is 1. The highest BCUT2D eigenvalue weighted by molar-refractivity contribution is 5.94. The lowest BCUT2D eigenvalue weighted by atomic mass is 10.3. The van der Waals surface area contributed by atoms with Crippen molar-refractivity contribution in [2.24, 2.45) is 0 Å². The van der Waals surface area contributed by atoms with E-state index in [1.54, 1.807) is 0 Å². The Morgan fingerprint density at radius 3 is 2.26 bits per heavy atom. The van der Waals surface area contributed by atoms with Gasteiger partial charge in [-0.1, -0.05) is 6.58 Å². The molecule has 132 valence electrons. The number of rotatable bonds is 15. The number of hydrogen-bond donors (Lipinski definition) is 1. The Hall–Kier alpha value is -1.77. The van der Waals surface area contributed by atoms with Crippen LogP contribution in [0.4, 0.5) is 0 Å². The van der Waals surface area contributed by atoms with Crippen LogP contribution in [-0.4, -0.2) is 75.9 Å². The lowest BCUT2D eigenvalue weighted by Crippen LogP contribution is -2.34. The number of nitrogens with zero attached hydrogens (tertiary/aromatic N) is 1. The van der Waals surface area contributed by atoms with Crippen LogP contribution >= 0.6 is 0 Å². The Bertz CT molecular complexity index is 362. The van der Waals surface area contributed by atoms with Gasteiger partial charge < -0.3 is 19.5 Å². The van der Waals surface area contributed by atoms with Gasteiger partial charge in [0, 0.05) is 26.1 Å². The fourth-order valence-electron chi connectivity index (χ4n) is 1.49. The number of carbonyl (C=O) groups is 3. The first-order valence-electron chi connectivity index (χ1n) is 7.54. The topological polar surface area (TPSA) is 94.2 Å². The number of ether oxygens (including phenoxy) is 3. The molecule has 0 rings (SSSR count). The van der Waals surface area contributed by atoms with Crippen molar-refractivity contribution in [3.63, 3.8) is 0 Å². The molecule has 0 fully saturated rings. The monoisotopic (exact) mass is 330 g/mol. The van der Waals surface area contributed by atoms with E-state index >= 15 is 0 Å². The van der Waals surface area contributed by atoms with Gasteiger partial charge in [-0.2, -0.15) is 0 Å². The van der Waals surface area contributed by atoms with Crippen LogP contribution in [0.1, 0.15) is 13.3 Å². The summed E-state index contributed by atoms with van der Waals surface area (Å²) in [5.74, 6) is -0.786. The van der Waals surface area contributed by atoms with Crippen LogP contribution in [0.2, 0.25) is 0 Å². The summed E-state index contributed by atoms with van der Waals surface area (Å²) < 4.78 is 15.6. The minimum Gasteiger partial charge on any atom is -0.379 e. The van der Waals surface area contributed by atoms with Gasteiger partial charge in [0.15, 0.2) is 0 Å². The lowest BCUT2D eigenvalue weighted by Gasteiger charge is -2.12. The zero-order chi connectivity index (χ0) is 17.3. The Labute approximate surface area is 136 Å². The first-order valence-corrected chi connectivity index (χ1v) is 7.54. The van der Waals surface area contributed by atoms with Crippen LogP contribution in [0.25, 0.3) is 0 Å². The van der Waals surface area contributed by atoms with Crippen molar-refractivity contribution in [1.29, 1.82) is 0 Å². The number of carbonyl (C=O) groups excluding carboxylic acids is 3. The number of hydrogen-bond acceptors (Lipinski definition) is 6. The van der Waals surface area contributed by atoms with Gasteiger partial charge in [0.1, 0.15) is 0 Å². The second kappa shape index (κ2) is 15.1. The molecule has 0 unspecified atom stereocenters. The predicted octanol–water partition coefficient (Wildman–Crippen LogP) is -0.267. The summed E-state index contributed by atoms with van der Waals surface area (Å²) in [5.41, 5.74) is 0. The maximum Gasteiger partial charge on any atom is 0.252 e. The van der Waals surface area contributed by atoms with Gasteiger partial charge in [-0.25, -0.2) is 0 Å². The highest BCUT2D eigenvalue weighted by atomic mass is 16.5. The van der Waals surface area contributed by atoms with Crippen molar-refractivity contribution in [3.05, 3.63) is 12.7 Å². The van der Waals surface area contributed by atoms with E-state index in [2.05, 4.69) is 11.9 Å². The third-order valence-electron chi connectivity index (χ3n) is 2.68. The predicted molar refractivity (Wildman–Crippen MR) is 83.7 cm³/mol. The third-order valence-corrected chi connectivity index (χ3v) is 2.68. The average molecular weight is 330 g/mol. The van der Waals surface area contributed by atoms with Gasteiger partial charge in [0.05, 0.1) is 33.0 Å². The minimum atomic E-state index is -0.527. The molecule has 0 aromatic heterocycles. The maximum absolute atomic E-state index is 11.5. The fourth-order valence-corrected chi connectivity index (χ4v) is 1.49. The molecule has 0 saturated heterocycles. The molecule has 1 N–H and O–H groups in total. The largest absolute Gasteiger partial charge is 0.379 e. The molecule has 3 amide bonds. The summed E-state index contributed by atoms with van der Waals surface area (Å²) in [7, 11) is 0. The zero-order valence-corrected chi connectivity index (χ0v) is 13.6. The summed E-state index contributed by atoms with van der Waals surface area (Å²) in [6.07, 6.45) is 1.45. The molecule has 0 spiro atoms. The molecule has 0 bridgehead atoms. The van der Waals surface area contributed by atoms with Crippen molar-refractivity contribution in [1.82, 2.24) is 10.2 Å². The minimum absolute atomic E-state index is 0.0225. The van der Waals surface area contributed by atoms with Crippen LogP contribution in [0.3, 0.4) is 0 Å². The van der Waals surface area contributed by atoms with E-state index in [-0.39, 0.29) is 18.9 Å². The Morgan fingerprint density at radius 2 is 1.70 bits per heavy atom. The van der Waals surface area contributed by atoms with Crippen LogP contribution in [0.5, 0.6) is 0 Å². The molecule has 0 atom stereocenters. The van der Waals surface area contributed by atoms with Gasteiger partial charge in [-0.3, -0.25) is 19.3 Å². The maximum atomic E-state index is 11.5. The molecule has 0 heterocycles. The summed E-state index contributed by atoms with van der Waals surface area (Å²) in [5, 5.41) is 2.63. The van der Waals surface area contributed by atoms with E-state index in [4.69, 9.17) is 14.2 Å². The van der Waals surface area contributed by atoms with E-state index in [1.165, 1.54) is 0 Å². The van der Waals surface area contributed by atoms with Crippen molar-refractivity contribution in [3.8, 4) is 0 Å². The molecule has 0 aliphatic heterocycles. The van der Waals surface area contributed by atoms with E-state index in [0.717, 1.165) is 11.0 Å². The Kier molecular flexibility index (Phi) is 14.0. The highest BCUT2D eigenvalue weighted by Crippen LogP contribution is 1.90. The summed E-state index contributed by atoms with van der Waals surface area (Å²) in [4.78, 5) is 34.3. The van der Waals surface area contributed by atoms with Gasteiger partial charge in [-0.05, 0) is 13.0 Å². The van der Waals surface area contributed by atoms with Crippen LogP contribution in [-0.2, 0) is 28.6 Å². The molecule has 0 aliphatic rings. The number of nitrogens with one attached hydrogen (secondary N) is 1. The van der Waals surface area contributed by atoms with E-state index in [1.807, 2.05) is 6.92 Å². The molecule has 23 heavy (non-hydrogen) atoms. The molecule has 0 aliphatic carbocycles. The van der Waals surface area contributed by atoms with Gasteiger partial charge in [-0.15, -0.1) is 0 Å². The van der Waals surface area contributed by atoms with Crippen LogP contribution in [0.15, 0.2) is 12.7 Å². The first-order chi connectivity index (χ1) is 11.2. The summed E-state index contributed by atoms with van der Waals surface area (Å²) >= 11 is 0. The molecular formula is C15H26N2O6. The van der Waals surface area contributed by atoms with Crippen LogP contribution < -0.4 is 5.32 Å². The van der Waals surface area contributed by atoms with Crippen LogP contribution in [0, 0.1) is 0 Å². The van der Waals surface area contributed by atoms with E-state index in [9.17, 15) is 14.4 Å². The van der Waals surface area contributed by atoms with Crippen molar-refractivity contribution < 1.29 is 28.6 Å². The Morgan fingerprint density at radius 1 is 1.09 bits per heavy atom. The second-order valence-electron chi connectivity index (χ2n) is 4.36. The molecule has 0 saturated carbocycles. The average Bonchev–Trinajstić information content (AvgIpc) is 2.56. The molecule has 8 heteroatoms. The molecular weight excluding hydrogens is 304 g/mol. The Balaban J connectivity index is 3.48. The quantitative estimate of drug-likeness (QED) is 0.252. The van der Waals surface area contributed by atoms with E-state index < -0.39 is 5.91 Å². The van der Waals surface area contributed by atoms with Crippen molar-refractivity contribution in [2.75, 3.05) is 52.7 Å². The summed E-state index contributed by atoms with van der Waals surface area (Å²) in [6, 6.07) is 0. The van der Waals surface area contributed by atoms with Gasteiger partial charge in [0.25, 0.3) is 5.91 Å². The molecule has 0 radical (unpaired) electrons. The van der Waals surface area contributed by atoms with Gasteiger partial charge >= 0.3 is 0 Å². The smallest absolute Gasteiger partial charge is 0.252 e. The van der Waals surface area contributed by atoms with Gasteiger partial charge in [0.2, 0.25) is 12.3 Å². The molecule has 0 aromatic carbocycles. The highest BCUT2D eigenvalue weighted by Gasteiger charge is 2.10. The zero-order valence-electron chi connectivity index (χ0n) is 13.6. The normalized spacial score (nSPS) is 10.1. The molecule has 8 nitrogen and oxygen atoms in total. The van der Waals surface area contributed by atoms with Crippen molar-refractivity contribution in [2.45, 2.75) is 13.3 Å². The molecule has 0 aromatic rings. The standard InChI is InChI=1S/C15H26N2O6/c1-3-15(20)17(13-18)7-5-14(19)16-6-8-22-11-12-23-10-9-21-4-2/h3,13H,1,4-12H2,2H3,(H,16,19). The lowest BCUT2D eigenvalue weighted by molar-refractivity contribution is -0.134.